The van der Waals surface area contributed by atoms with Gasteiger partial charge in [-0.15, -0.1) is 0 Å². The molecule has 0 amide bonds. The van der Waals surface area contributed by atoms with E-state index in [0.29, 0.717) is 41.6 Å². The van der Waals surface area contributed by atoms with Gasteiger partial charge in [-0.3, -0.25) is 0 Å². The maximum Gasteiger partial charge on any atom is 0.129 e. The second kappa shape index (κ2) is 8.57. The van der Waals surface area contributed by atoms with E-state index in [1.165, 1.54) is 0 Å². The van der Waals surface area contributed by atoms with Crippen LogP contribution >= 0.6 is 0 Å². The Morgan fingerprint density at radius 2 is 1.55 bits per heavy atom. The fraction of sp³-hybridized carbons (Fsp3) is 1.00. The molecule has 6 nitrogen and oxygen atoms in total. The molecule has 0 aliphatic rings. The van der Waals surface area contributed by atoms with E-state index in [0.717, 1.165) is 0 Å². The first-order valence-electron chi connectivity index (χ1n) is 8.02. The minimum atomic E-state index is -0.556. The second-order valence-electron chi connectivity index (χ2n) is 8.22. The summed E-state index contributed by atoms with van der Waals surface area (Å²) in [5.74, 6) is 0. The van der Waals surface area contributed by atoms with Crippen molar-refractivity contribution in [1.29, 1.82) is 0 Å². The Hall–Kier alpha value is -0.240. The molecule has 3 unspecified atom stereocenters. The SMILES string of the molecule is CC(O)C(CCO)(CCOCC(O)C[N+](C)(C)C)[N+](C)(C)C. The highest BCUT2D eigenvalue weighted by Gasteiger charge is 2.46. The fourth-order valence-electron chi connectivity index (χ4n) is 3.12. The third kappa shape index (κ3) is 6.89. The molecule has 0 aromatic carbocycles. The summed E-state index contributed by atoms with van der Waals surface area (Å²) >= 11 is 0. The number of hydrogen-bond acceptors (Lipinski definition) is 4. The smallest absolute Gasteiger partial charge is 0.129 e. The maximum absolute atomic E-state index is 10.3. The van der Waals surface area contributed by atoms with Crippen molar-refractivity contribution in [3.05, 3.63) is 0 Å². The highest BCUT2D eigenvalue weighted by Crippen LogP contribution is 2.31. The number of aliphatic hydroxyl groups excluding tert-OH is 3. The van der Waals surface area contributed by atoms with Crippen molar-refractivity contribution in [3.8, 4) is 0 Å². The lowest BCUT2D eigenvalue weighted by Gasteiger charge is -2.48. The predicted octanol–water partition coefficient (Wildman–Crippen LogP) is -0.332. The fourth-order valence-corrected chi connectivity index (χ4v) is 3.12. The monoisotopic (exact) mass is 322 g/mol. The van der Waals surface area contributed by atoms with Gasteiger partial charge in [0, 0.05) is 19.4 Å². The molecule has 0 spiro atoms. The van der Waals surface area contributed by atoms with Crippen LogP contribution in [0.15, 0.2) is 0 Å². The van der Waals surface area contributed by atoms with Crippen LogP contribution in [0.25, 0.3) is 0 Å². The largest absolute Gasteiger partial charge is 0.396 e. The molecule has 0 saturated carbocycles. The van der Waals surface area contributed by atoms with Gasteiger partial charge in [-0.1, -0.05) is 0 Å². The Bertz CT molecular complexity index is 310. The molecule has 0 saturated heterocycles. The van der Waals surface area contributed by atoms with Crippen LogP contribution in [0.4, 0.5) is 0 Å². The van der Waals surface area contributed by atoms with E-state index < -0.39 is 17.7 Å². The highest BCUT2D eigenvalue weighted by atomic mass is 16.5. The lowest BCUT2D eigenvalue weighted by atomic mass is 9.83. The lowest BCUT2D eigenvalue weighted by molar-refractivity contribution is -0.929. The molecular formula is C16H38N2O4+2. The van der Waals surface area contributed by atoms with Crippen molar-refractivity contribution >= 4 is 0 Å². The van der Waals surface area contributed by atoms with Crippen LogP contribution in [0.2, 0.25) is 0 Å². The molecule has 0 aromatic heterocycles. The minimum Gasteiger partial charge on any atom is -0.396 e. The Balaban J connectivity index is 4.54. The summed E-state index contributed by atoms with van der Waals surface area (Å²) in [5.41, 5.74) is -0.459. The van der Waals surface area contributed by atoms with Gasteiger partial charge < -0.3 is 29.0 Å². The number of likely N-dealkylation sites (N-methyl/N-ethyl adjacent to an activating group) is 2. The molecule has 134 valence electrons. The maximum atomic E-state index is 10.3. The van der Waals surface area contributed by atoms with Gasteiger partial charge in [-0.05, 0) is 6.92 Å². The zero-order chi connectivity index (χ0) is 17.6. The van der Waals surface area contributed by atoms with Crippen molar-refractivity contribution in [2.45, 2.75) is 37.5 Å². The van der Waals surface area contributed by atoms with Crippen molar-refractivity contribution in [2.75, 3.05) is 68.7 Å². The molecule has 0 fully saturated rings. The number of hydrogen-bond donors (Lipinski definition) is 3. The predicted molar refractivity (Wildman–Crippen MR) is 88.5 cm³/mol. The molecule has 0 aromatic rings. The number of aliphatic hydroxyl groups is 3. The van der Waals surface area contributed by atoms with Gasteiger partial charge in [0.2, 0.25) is 0 Å². The van der Waals surface area contributed by atoms with Crippen molar-refractivity contribution in [1.82, 2.24) is 0 Å². The first-order chi connectivity index (χ1) is 9.85. The van der Waals surface area contributed by atoms with E-state index in [4.69, 9.17) is 4.74 Å². The van der Waals surface area contributed by atoms with E-state index in [1.807, 2.05) is 42.3 Å². The van der Waals surface area contributed by atoms with Crippen LogP contribution in [0, 0.1) is 0 Å². The minimum absolute atomic E-state index is 0.0323. The third-order valence-electron chi connectivity index (χ3n) is 4.41. The average Bonchev–Trinajstić information content (AvgIpc) is 2.28. The Labute approximate surface area is 136 Å². The summed E-state index contributed by atoms with van der Waals surface area (Å²) in [7, 11) is 12.1. The van der Waals surface area contributed by atoms with Gasteiger partial charge in [0.05, 0.1) is 55.5 Å². The molecule has 22 heavy (non-hydrogen) atoms. The van der Waals surface area contributed by atoms with E-state index in [2.05, 4.69) is 0 Å². The summed E-state index contributed by atoms with van der Waals surface area (Å²) in [6.07, 6.45) is 0.0902. The van der Waals surface area contributed by atoms with Gasteiger partial charge in [0.15, 0.2) is 0 Å². The summed E-state index contributed by atoms with van der Waals surface area (Å²) in [6, 6.07) is 0. The third-order valence-corrected chi connectivity index (χ3v) is 4.41. The van der Waals surface area contributed by atoms with Crippen LogP contribution in [-0.4, -0.2) is 111 Å². The van der Waals surface area contributed by atoms with Crippen LogP contribution in [0.1, 0.15) is 19.8 Å². The Morgan fingerprint density at radius 3 is 1.91 bits per heavy atom. The van der Waals surface area contributed by atoms with Crippen LogP contribution in [0.5, 0.6) is 0 Å². The van der Waals surface area contributed by atoms with Crippen molar-refractivity contribution < 1.29 is 29.0 Å². The van der Waals surface area contributed by atoms with Gasteiger partial charge in [-0.25, -0.2) is 0 Å². The number of ether oxygens (including phenoxy) is 1. The first kappa shape index (κ1) is 21.8. The number of nitrogens with zero attached hydrogens (tertiary/aromatic N) is 2. The Morgan fingerprint density at radius 1 is 1.00 bits per heavy atom. The highest BCUT2D eigenvalue weighted by molar-refractivity contribution is 4.86. The lowest BCUT2D eigenvalue weighted by Crippen LogP contribution is -2.63. The molecule has 6 heteroatoms. The van der Waals surface area contributed by atoms with Crippen molar-refractivity contribution in [2.24, 2.45) is 0 Å². The normalized spacial score (nSPS) is 18.8. The van der Waals surface area contributed by atoms with E-state index in [-0.39, 0.29) is 6.61 Å². The standard InChI is InChI=1S/C16H38N2O4/c1-14(20)16(8-10-19,18(5,6)7)9-11-22-13-15(21)12-17(2,3)4/h14-15,19-21H,8-13H2,1-7H3/q+2. The average molecular weight is 322 g/mol. The molecule has 3 atom stereocenters. The molecule has 0 heterocycles. The number of rotatable bonds is 11. The summed E-state index contributed by atoms with van der Waals surface area (Å²) in [4.78, 5) is 0. The van der Waals surface area contributed by atoms with Gasteiger partial charge >= 0.3 is 0 Å². The van der Waals surface area contributed by atoms with Crippen molar-refractivity contribution in [3.63, 3.8) is 0 Å². The van der Waals surface area contributed by atoms with E-state index >= 15 is 0 Å². The van der Waals surface area contributed by atoms with Gasteiger partial charge in [0.25, 0.3) is 0 Å². The van der Waals surface area contributed by atoms with Gasteiger partial charge in [0.1, 0.15) is 24.3 Å². The van der Waals surface area contributed by atoms with E-state index in [1.54, 1.807) is 6.92 Å². The quantitative estimate of drug-likeness (QED) is 0.360. The molecular weight excluding hydrogens is 284 g/mol. The second-order valence-corrected chi connectivity index (χ2v) is 8.22. The van der Waals surface area contributed by atoms with E-state index in [9.17, 15) is 15.3 Å². The zero-order valence-corrected chi connectivity index (χ0v) is 15.5. The van der Waals surface area contributed by atoms with Crippen LogP contribution < -0.4 is 0 Å². The number of quaternary nitrogens is 2. The summed E-state index contributed by atoms with van der Waals surface area (Å²) in [5, 5.41) is 29.6. The molecule has 3 N–H and O–H groups in total. The summed E-state index contributed by atoms with van der Waals surface area (Å²) < 4.78 is 6.86. The molecule has 0 rings (SSSR count). The molecule has 0 aliphatic heterocycles. The molecule has 0 bridgehead atoms. The topological polar surface area (TPSA) is 69.9 Å². The zero-order valence-electron chi connectivity index (χ0n) is 15.5. The van der Waals surface area contributed by atoms with Gasteiger partial charge in [-0.2, -0.15) is 0 Å². The molecule has 0 aliphatic carbocycles. The molecule has 0 radical (unpaired) electrons. The summed E-state index contributed by atoms with van der Waals surface area (Å²) in [6.45, 7) is 3.18. The van der Waals surface area contributed by atoms with Crippen LogP contribution in [-0.2, 0) is 4.74 Å². The first-order valence-corrected chi connectivity index (χ1v) is 8.02. The Kier molecular flexibility index (Phi) is 8.47. The van der Waals surface area contributed by atoms with Crippen LogP contribution in [0.3, 0.4) is 0 Å².